The minimum absolute atomic E-state index is 0.140. The van der Waals surface area contributed by atoms with Gasteiger partial charge in [0.15, 0.2) is 0 Å². The van der Waals surface area contributed by atoms with Gasteiger partial charge in [-0.05, 0) is 65.0 Å². The van der Waals surface area contributed by atoms with Crippen molar-refractivity contribution in [1.82, 2.24) is 0 Å². The Bertz CT molecular complexity index is 1260. The molecule has 5 heteroatoms. The molecule has 0 aromatic heterocycles. The minimum atomic E-state index is -0.976. The van der Waals surface area contributed by atoms with Crippen LogP contribution in [0.25, 0.3) is 21.9 Å². The number of phenolic OH excluding ortho intramolecular Hbond substituents is 1. The van der Waals surface area contributed by atoms with Gasteiger partial charge in [-0.1, -0.05) is 36.4 Å². The Morgan fingerprint density at radius 3 is 2.32 bits per heavy atom. The summed E-state index contributed by atoms with van der Waals surface area (Å²) in [5.41, 5.74) is 2.13. The highest BCUT2D eigenvalue weighted by molar-refractivity contribution is 5.96. The first-order chi connectivity index (χ1) is 15.0. The van der Waals surface area contributed by atoms with E-state index >= 15 is 0 Å². The fraction of sp³-hybridized carbons (Fsp3) is 0.0385. The van der Waals surface area contributed by atoms with E-state index in [9.17, 15) is 19.4 Å². The topological polar surface area (TPSA) is 66.8 Å². The van der Waals surface area contributed by atoms with E-state index in [1.54, 1.807) is 54.6 Å². The molecule has 0 aliphatic rings. The highest BCUT2D eigenvalue weighted by Crippen LogP contribution is 2.40. The molecule has 154 valence electrons. The number of halogens is 1. The smallest absolute Gasteiger partial charge is 0.314 e. The molecule has 4 nitrogen and oxygen atoms in total. The van der Waals surface area contributed by atoms with Gasteiger partial charge in [-0.2, -0.15) is 0 Å². The summed E-state index contributed by atoms with van der Waals surface area (Å²) < 4.78 is 19.7. The van der Waals surface area contributed by atoms with E-state index in [0.29, 0.717) is 17.1 Å². The molecule has 0 radical (unpaired) electrons. The van der Waals surface area contributed by atoms with Crippen LogP contribution in [0.4, 0.5) is 4.39 Å². The Labute approximate surface area is 178 Å². The van der Waals surface area contributed by atoms with Crippen LogP contribution in [0, 0.1) is 5.82 Å². The summed E-state index contributed by atoms with van der Waals surface area (Å²) in [6, 6.07) is 21.6. The SMILES string of the molecule is C=CC(C(=O)O)c1ccc(Oc2c(-c3ccc(F)cc3)ccc3cc(O)ccc23)cc1. The van der Waals surface area contributed by atoms with E-state index in [1.165, 1.54) is 18.2 Å². The van der Waals surface area contributed by atoms with Crippen molar-refractivity contribution in [3.8, 4) is 28.4 Å². The second-order valence-electron chi connectivity index (χ2n) is 7.08. The molecule has 0 aliphatic carbocycles. The summed E-state index contributed by atoms with van der Waals surface area (Å²) in [6.07, 6.45) is 1.38. The lowest BCUT2D eigenvalue weighted by molar-refractivity contribution is -0.137. The standard InChI is InChI=1S/C26H19FO4/c1-2-22(26(29)30)16-5-11-21(12-6-16)31-25-23(17-3-8-19(27)9-4-17)13-7-18-15-20(28)10-14-24(18)25/h2-15,22,28H,1H2,(H,29,30). The van der Waals surface area contributed by atoms with Gasteiger partial charge in [0.05, 0.1) is 5.92 Å². The Morgan fingerprint density at radius 2 is 1.68 bits per heavy atom. The van der Waals surface area contributed by atoms with Gasteiger partial charge in [0, 0.05) is 10.9 Å². The highest BCUT2D eigenvalue weighted by atomic mass is 19.1. The number of carbonyl (C=O) groups is 1. The molecule has 1 unspecified atom stereocenters. The maximum absolute atomic E-state index is 13.4. The van der Waals surface area contributed by atoms with Gasteiger partial charge in [0.1, 0.15) is 23.1 Å². The van der Waals surface area contributed by atoms with Crippen LogP contribution in [-0.2, 0) is 4.79 Å². The summed E-state index contributed by atoms with van der Waals surface area (Å²) >= 11 is 0. The van der Waals surface area contributed by atoms with Crippen LogP contribution in [0.3, 0.4) is 0 Å². The van der Waals surface area contributed by atoms with E-state index in [4.69, 9.17) is 4.74 Å². The second-order valence-corrected chi connectivity index (χ2v) is 7.08. The highest BCUT2D eigenvalue weighted by Gasteiger charge is 2.17. The number of benzene rings is 4. The maximum Gasteiger partial charge on any atom is 0.314 e. The van der Waals surface area contributed by atoms with E-state index in [0.717, 1.165) is 21.9 Å². The zero-order valence-corrected chi connectivity index (χ0v) is 16.5. The molecule has 2 N–H and O–H groups in total. The van der Waals surface area contributed by atoms with E-state index < -0.39 is 11.9 Å². The number of aromatic hydroxyl groups is 1. The van der Waals surface area contributed by atoms with Crippen molar-refractivity contribution in [2.75, 3.05) is 0 Å². The molecule has 1 atom stereocenters. The van der Waals surface area contributed by atoms with Crippen molar-refractivity contribution in [1.29, 1.82) is 0 Å². The number of carboxylic acids is 1. The predicted molar refractivity (Wildman–Crippen MR) is 118 cm³/mol. The number of hydrogen-bond acceptors (Lipinski definition) is 3. The molecule has 31 heavy (non-hydrogen) atoms. The molecule has 4 aromatic rings. The number of ether oxygens (including phenoxy) is 1. The zero-order valence-electron chi connectivity index (χ0n) is 16.5. The third-order valence-corrected chi connectivity index (χ3v) is 5.07. The van der Waals surface area contributed by atoms with Crippen molar-refractivity contribution >= 4 is 16.7 Å². The summed E-state index contributed by atoms with van der Waals surface area (Å²) in [4.78, 5) is 11.4. The van der Waals surface area contributed by atoms with Crippen LogP contribution in [-0.4, -0.2) is 16.2 Å². The Balaban J connectivity index is 1.79. The van der Waals surface area contributed by atoms with Crippen molar-refractivity contribution < 1.29 is 24.1 Å². The van der Waals surface area contributed by atoms with Gasteiger partial charge in [0.2, 0.25) is 0 Å². The number of hydrogen-bond donors (Lipinski definition) is 2. The molecule has 0 saturated heterocycles. The molecule has 0 aliphatic heterocycles. The van der Waals surface area contributed by atoms with Crippen LogP contribution in [0.2, 0.25) is 0 Å². The van der Waals surface area contributed by atoms with Crippen LogP contribution < -0.4 is 4.74 Å². The minimum Gasteiger partial charge on any atom is -0.508 e. The van der Waals surface area contributed by atoms with E-state index in [1.807, 2.05) is 12.1 Å². The summed E-state index contributed by atoms with van der Waals surface area (Å²) in [7, 11) is 0. The number of rotatable bonds is 6. The lowest BCUT2D eigenvalue weighted by atomic mass is 9.98. The third kappa shape index (κ3) is 4.12. The Kier molecular flexibility index (Phi) is 5.41. The fourth-order valence-electron chi connectivity index (χ4n) is 3.50. The summed E-state index contributed by atoms with van der Waals surface area (Å²) in [5, 5.41) is 20.7. The van der Waals surface area contributed by atoms with Crippen LogP contribution >= 0.6 is 0 Å². The average molecular weight is 414 g/mol. The largest absolute Gasteiger partial charge is 0.508 e. The molecule has 0 bridgehead atoms. The number of carboxylic acid groups (broad SMARTS) is 1. The molecule has 0 amide bonds. The van der Waals surface area contributed by atoms with Gasteiger partial charge in [-0.25, -0.2) is 4.39 Å². The van der Waals surface area contributed by atoms with Gasteiger partial charge in [-0.3, -0.25) is 4.79 Å². The van der Waals surface area contributed by atoms with Gasteiger partial charge in [-0.15, -0.1) is 6.58 Å². The molecular weight excluding hydrogens is 395 g/mol. The van der Waals surface area contributed by atoms with Gasteiger partial charge >= 0.3 is 5.97 Å². The Morgan fingerprint density at radius 1 is 0.968 bits per heavy atom. The number of aliphatic carboxylic acids is 1. The normalized spacial score (nSPS) is 11.8. The molecule has 0 fully saturated rings. The lowest BCUT2D eigenvalue weighted by Crippen LogP contribution is -2.08. The molecule has 0 spiro atoms. The number of phenols is 1. The van der Waals surface area contributed by atoms with Crippen molar-refractivity contribution in [3.05, 3.63) is 103 Å². The zero-order chi connectivity index (χ0) is 22.0. The maximum atomic E-state index is 13.4. The number of fused-ring (bicyclic) bond motifs is 1. The fourth-order valence-corrected chi connectivity index (χ4v) is 3.50. The van der Waals surface area contributed by atoms with Crippen LogP contribution in [0.15, 0.2) is 91.5 Å². The van der Waals surface area contributed by atoms with Crippen LogP contribution in [0.1, 0.15) is 11.5 Å². The van der Waals surface area contributed by atoms with Crippen molar-refractivity contribution in [3.63, 3.8) is 0 Å². The first-order valence-corrected chi connectivity index (χ1v) is 9.61. The van der Waals surface area contributed by atoms with E-state index in [-0.39, 0.29) is 11.6 Å². The van der Waals surface area contributed by atoms with Crippen molar-refractivity contribution in [2.24, 2.45) is 0 Å². The van der Waals surface area contributed by atoms with E-state index in [2.05, 4.69) is 6.58 Å². The molecular formula is C26H19FO4. The molecule has 4 rings (SSSR count). The summed E-state index contributed by atoms with van der Waals surface area (Å²) in [6.45, 7) is 3.58. The average Bonchev–Trinajstić information content (AvgIpc) is 2.76. The monoisotopic (exact) mass is 414 g/mol. The third-order valence-electron chi connectivity index (χ3n) is 5.07. The quantitative estimate of drug-likeness (QED) is 0.354. The Hall–Kier alpha value is -4.12. The lowest BCUT2D eigenvalue weighted by Gasteiger charge is -2.16. The summed E-state index contributed by atoms with van der Waals surface area (Å²) in [5.74, 6) is -0.902. The van der Waals surface area contributed by atoms with Crippen LogP contribution in [0.5, 0.6) is 17.2 Å². The first-order valence-electron chi connectivity index (χ1n) is 9.61. The molecule has 4 aromatic carbocycles. The van der Waals surface area contributed by atoms with Gasteiger partial charge < -0.3 is 14.9 Å². The van der Waals surface area contributed by atoms with Crippen molar-refractivity contribution in [2.45, 2.75) is 5.92 Å². The molecule has 0 heterocycles. The second kappa shape index (κ2) is 8.32. The predicted octanol–water partition coefficient (Wildman–Crippen LogP) is 6.50. The first kappa shape index (κ1) is 20.2. The molecule has 0 saturated carbocycles. The van der Waals surface area contributed by atoms with Gasteiger partial charge in [0.25, 0.3) is 0 Å².